The lowest BCUT2D eigenvalue weighted by molar-refractivity contribution is -0.142. The van der Waals surface area contributed by atoms with Crippen molar-refractivity contribution in [3.63, 3.8) is 0 Å². The third kappa shape index (κ3) is 6.87. The van der Waals surface area contributed by atoms with Gasteiger partial charge in [0.05, 0.1) is 13.7 Å². The van der Waals surface area contributed by atoms with Gasteiger partial charge in [0.15, 0.2) is 18.1 Å². The van der Waals surface area contributed by atoms with E-state index in [0.29, 0.717) is 34.9 Å². The Hall–Kier alpha value is -3.81. The molecule has 8 nitrogen and oxygen atoms in total. The van der Waals surface area contributed by atoms with Crippen molar-refractivity contribution in [3.8, 4) is 11.5 Å². The number of carbonyl (C=O) groups excluding carboxylic acids is 3. The van der Waals surface area contributed by atoms with Crippen LogP contribution in [0.25, 0.3) is 6.08 Å². The number of hydrogen-bond donors (Lipinski definition) is 2. The monoisotopic (exact) mass is 438 g/mol. The molecule has 2 amide bonds. The van der Waals surface area contributed by atoms with Gasteiger partial charge in [0.2, 0.25) is 0 Å². The Labute approximate surface area is 186 Å². The second-order valence-corrected chi connectivity index (χ2v) is 7.16. The van der Waals surface area contributed by atoms with Crippen LogP contribution in [0.5, 0.6) is 11.5 Å². The second-order valence-electron chi connectivity index (χ2n) is 7.16. The molecule has 32 heavy (non-hydrogen) atoms. The van der Waals surface area contributed by atoms with Crippen LogP contribution in [0.4, 0.5) is 5.69 Å². The first-order valence-corrected chi connectivity index (χ1v) is 10.3. The maximum absolute atomic E-state index is 12.1. The smallest absolute Gasteiger partial charge is 0.331 e. The summed E-state index contributed by atoms with van der Waals surface area (Å²) in [5, 5.41) is 5.51. The predicted molar refractivity (Wildman–Crippen MR) is 120 cm³/mol. The Morgan fingerprint density at radius 2 is 1.91 bits per heavy atom. The number of anilines is 1. The lowest BCUT2D eigenvalue weighted by Crippen LogP contribution is -2.25. The zero-order valence-electron chi connectivity index (χ0n) is 18.1. The van der Waals surface area contributed by atoms with E-state index in [-0.39, 0.29) is 11.9 Å². The summed E-state index contributed by atoms with van der Waals surface area (Å²) in [6, 6.07) is 12.1. The molecule has 0 spiro atoms. The van der Waals surface area contributed by atoms with Crippen LogP contribution in [-0.4, -0.2) is 44.1 Å². The van der Waals surface area contributed by atoms with Crippen molar-refractivity contribution in [1.29, 1.82) is 0 Å². The zero-order chi connectivity index (χ0) is 22.9. The molecule has 0 heterocycles. The molecule has 1 aliphatic rings. The lowest BCUT2D eigenvalue weighted by atomic mass is 10.2. The summed E-state index contributed by atoms with van der Waals surface area (Å²) in [6.07, 6.45) is 4.77. The van der Waals surface area contributed by atoms with Gasteiger partial charge < -0.3 is 24.8 Å². The van der Waals surface area contributed by atoms with E-state index in [9.17, 15) is 14.4 Å². The van der Waals surface area contributed by atoms with E-state index >= 15 is 0 Å². The highest BCUT2D eigenvalue weighted by Crippen LogP contribution is 2.28. The molecule has 1 saturated carbocycles. The summed E-state index contributed by atoms with van der Waals surface area (Å²) in [5.74, 6) is -0.179. The van der Waals surface area contributed by atoms with Gasteiger partial charge in [-0.2, -0.15) is 0 Å². The van der Waals surface area contributed by atoms with Gasteiger partial charge in [0, 0.05) is 23.4 Å². The highest BCUT2D eigenvalue weighted by molar-refractivity contribution is 5.98. The summed E-state index contributed by atoms with van der Waals surface area (Å²) in [6.45, 7) is 1.94. The molecule has 0 radical (unpaired) electrons. The van der Waals surface area contributed by atoms with Crippen LogP contribution in [0, 0.1) is 0 Å². The molecule has 2 aromatic carbocycles. The standard InChI is InChI=1S/C24H26N2O6/c1-3-31-20-11-7-16(13-21(20)30-2)8-12-23(28)32-15-22(27)25-19-6-4-5-17(14-19)24(29)26-18-9-10-18/h4-8,11-14,18H,3,9-10,15H2,1-2H3,(H,25,27)(H,26,29)/b12-8+. The molecule has 0 aromatic heterocycles. The van der Waals surface area contributed by atoms with E-state index in [1.165, 1.54) is 13.2 Å². The third-order valence-electron chi connectivity index (χ3n) is 4.57. The molecule has 3 rings (SSSR count). The molecule has 2 N–H and O–H groups in total. The minimum Gasteiger partial charge on any atom is -0.493 e. The maximum atomic E-state index is 12.1. The number of nitrogens with one attached hydrogen (secondary N) is 2. The molecule has 0 saturated heterocycles. The number of carbonyl (C=O) groups is 3. The molecule has 0 bridgehead atoms. The molecule has 0 unspecified atom stereocenters. The first-order chi connectivity index (χ1) is 15.5. The largest absolute Gasteiger partial charge is 0.493 e. The molecular weight excluding hydrogens is 412 g/mol. The fourth-order valence-corrected chi connectivity index (χ4v) is 2.84. The number of hydrogen-bond acceptors (Lipinski definition) is 6. The van der Waals surface area contributed by atoms with Gasteiger partial charge >= 0.3 is 5.97 Å². The molecule has 8 heteroatoms. The van der Waals surface area contributed by atoms with Crippen molar-refractivity contribution in [3.05, 3.63) is 59.7 Å². The Morgan fingerprint density at radius 3 is 2.62 bits per heavy atom. The molecule has 0 aliphatic heterocycles. The van der Waals surface area contributed by atoms with Gasteiger partial charge in [0.25, 0.3) is 11.8 Å². The van der Waals surface area contributed by atoms with Crippen molar-refractivity contribution >= 4 is 29.5 Å². The van der Waals surface area contributed by atoms with E-state index in [1.54, 1.807) is 48.5 Å². The molecule has 168 valence electrons. The Kier molecular flexibility index (Phi) is 7.85. The van der Waals surface area contributed by atoms with Gasteiger partial charge in [-0.1, -0.05) is 12.1 Å². The van der Waals surface area contributed by atoms with Gasteiger partial charge in [-0.3, -0.25) is 9.59 Å². The van der Waals surface area contributed by atoms with Crippen LogP contribution >= 0.6 is 0 Å². The van der Waals surface area contributed by atoms with E-state index in [1.807, 2.05) is 6.92 Å². The van der Waals surface area contributed by atoms with Crippen molar-refractivity contribution in [2.75, 3.05) is 25.6 Å². The highest BCUT2D eigenvalue weighted by Gasteiger charge is 2.23. The van der Waals surface area contributed by atoms with Crippen molar-refractivity contribution in [2.45, 2.75) is 25.8 Å². The first kappa shape index (κ1) is 22.9. The van der Waals surface area contributed by atoms with Crippen LogP contribution in [-0.2, 0) is 14.3 Å². The average Bonchev–Trinajstić information content (AvgIpc) is 3.61. The lowest BCUT2D eigenvalue weighted by Gasteiger charge is -2.09. The van der Waals surface area contributed by atoms with Crippen LogP contribution in [0.2, 0.25) is 0 Å². The van der Waals surface area contributed by atoms with Crippen LogP contribution in [0.15, 0.2) is 48.5 Å². The van der Waals surface area contributed by atoms with Crippen LogP contribution < -0.4 is 20.1 Å². The number of methoxy groups -OCH3 is 1. The van der Waals surface area contributed by atoms with Gasteiger partial charge in [-0.05, 0) is 61.7 Å². The summed E-state index contributed by atoms with van der Waals surface area (Å²) >= 11 is 0. The van der Waals surface area contributed by atoms with Crippen LogP contribution in [0.1, 0.15) is 35.7 Å². The first-order valence-electron chi connectivity index (χ1n) is 10.3. The number of rotatable bonds is 10. The van der Waals surface area contributed by atoms with E-state index < -0.39 is 18.5 Å². The van der Waals surface area contributed by atoms with E-state index in [2.05, 4.69) is 10.6 Å². The second kappa shape index (κ2) is 11.0. The van der Waals surface area contributed by atoms with Crippen molar-refractivity contribution in [1.82, 2.24) is 5.32 Å². The minimum absolute atomic E-state index is 0.175. The molecule has 0 atom stereocenters. The molecule has 2 aromatic rings. The van der Waals surface area contributed by atoms with Crippen molar-refractivity contribution in [2.24, 2.45) is 0 Å². The topological polar surface area (TPSA) is 103 Å². The number of amides is 2. The zero-order valence-corrected chi connectivity index (χ0v) is 18.1. The van der Waals surface area contributed by atoms with Gasteiger partial charge in [0.1, 0.15) is 0 Å². The summed E-state index contributed by atoms with van der Waals surface area (Å²) < 4.78 is 15.7. The molecule has 1 fully saturated rings. The normalized spacial score (nSPS) is 12.8. The van der Waals surface area contributed by atoms with E-state index in [0.717, 1.165) is 12.8 Å². The minimum atomic E-state index is -0.662. The van der Waals surface area contributed by atoms with E-state index in [4.69, 9.17) is 14.2 Å². The van der Waals surface area contributed by atoms with Crippen molar-refractivity contribution < 1.29 is 28.6 Å². The summed E-state index contributed by atoms with van der Waals surface area (Å²) in [4.78, 5) is 36.2. The summed E-state index contributed by atoms with van der Waals surface area (Å²) in [5.41, 5.74) is 1.62. The maximum Gasteiger partial charge on any atom is 0.331 e. The molecular formula is C24H26N2O6. The van der Waals surface area contributed by atoms with Gasteiger partial charge in [-0.25, -0.2) is 4.79 Å². The highest BCUT2D eigenvalue weighted by atomic mass is 16.5. The fourth-order valence-electron chi connectivity index (χ4n) is 2.84. The quantitative estimate of drug-likeness (QED) is 0.436. The fraction of sp³-hybridized carbons (Fsp3) is 0.292. The Balaban J connectivity index is 1.48. The summed E-state index contributed by atoms with van der Waals surface area (Å²) in [7, 11) is 1.54. The number of ether oxygens (including phenoxy) is 3. The Bertz CT molecular complexity index is 1010. The molecule has 1 aliphatic carbocycles. The SMILES string of the molecule is CCOc1ccc(/C=C/C(=O)OCC(=O)Nc2cccc(C(=O)NC3CC3)c2)cc1OC. The number of benzene rings is 2. The van der Waals surface area contributed by atoms with Gasteiger partial charge in [-0.15, -0.1) is 0 Å². The number of esters is 1. The predicted octanol–water partition coefficient (Wildman–Crippen LogP) is 3.18. The van der Waals surface area contributed by atoms with Crippen LogP contribution in [0.3, 0.4) is 0 Å². The Morgan fingerprint density at radius 1 is 1.09 bits per heavy atom. The average molecular weight is 438 g/mol. The third-order valence-corrected chi connectivity index (χ3v) is 4.57.